The maximum Gasteiger partial charge on any atom is 0.214 e. The molecule has 96 valence electrons. The predicted molar refractivity (Wildman–Crippen MR) is 63.7 cm³/mol. The van der Waals surface area contributed by atoms with E-state index in [4.69, 9.17) is 0 Å². The molecule has 1 aliphatic carbocycles. The highest BCUT2D eigenvalue weighted by Gasteiger charge is 2.46. The Balaban J connectivity index is 2.33. The molecule has 1 saturated carbocycles. The summed E-state index contributed by atoms with van der Waals surface area (Å²) >= 11 is 0. The summed E-state index contributed by atoms with van der Waals surface area (Å²) in [5.74, 6) is 0.0999. The summed E-state index contributed by atoms with van der Waals surface area (Å²) in [6.45, 7) is 4.40. The third-order valence-electron chi connectivity index (χ3n) is 3.52. The van der Waals surface area contributed by atoms with E-state index in [-0.39, 0.29) is 23.3 Å². The summed E-state index contributed by atoms with van der Waals surface area (Å²) in [7, 11) is -0.0523. The first kappa shape index (κ1) is 13.9. The minimum Gasteiger partial charge on any atom is -0.392 e. The Kier molecular flexibility index (Phi) is 3.99. The predicted octanol–water partition coefficient (Wildman–Crippen LogP) is -0.373. The number of hydrogen-bond donors (Lipinski definition) is 2. The molecule has 0 amide bonds. The van der Waals surface area contributed by atoms with E-state index in [2.05, 4.69) is 5.32 Å². The summed E-state index contributed by atoms with van der Waals surface area (Å²) in [6.07, 6.45) is 0.421. The molecule has 2 N–H and O–H groups in total. The van der Waals surface area contributed by atoms with E-state index in [1.807, 2.05) is 13.8 Å². The van der Waals surface area contributed by atoms with E-state index in [9.17, 15) is 13.5 Å². The summed E-state index contributed by atoms with van der Waals surface area (Å²) in [6, 6.07) is 0.208. The van der Waals surface area contributed by atoms with Gasteiger partial charge in [0.25, 0.3) is 0 Å². The van der Waals surface area contributed by atoms with E-state index in [1.165, 1.54) is 18.4 Å². The first-order chi connectivity index (χ1) is 7.18. The highest BCUT2D eigenvalue weighted by atomic mass is 32.2. The van der Waals surface area contributed by atoms with Crippen LogP contribution < -0.4 is 5.32 Å². The van der Waals surface area contributed by atoms with E-state index in [1.54, 1.807) is 0 Å². The average Bonchev–Trinajstić information content (AvgIpc) is 2.16. The van der Waals surface area contributed by atoms with Crippen LogP contribution in [0.2, 0.25) is 0 Å². The van der Waals surface area contributed by atoms with Gasteiger partial charge in [0.1, 0.15) is 0 Å². The number of aliphatic hydroxyl groups is 1. The smallest absolute Gasteiger partial charge is 0.214 e. The Morgan fingerprint density at radius 2 is 2.00 bits per heavy atom. The van der Waals surface area contributed by atoms with Crippen LogP contribution in [0.15, 0.2) is 0 Å². The number of rotatable bonds is 5. The van der Waals surface area contributed by atoms with Crippen molar-refractivity contribution < 1.29 is 13.5 Å². The number of nitrogens with zero attached hydrogens (tertiary/aromatic N) is 1. The molecule has 0 heterocycles. The van der Waals surface area contributed by atoms with E-state index < -0.39 is 10.0 Å². The van der Waals surface area contributed by atoms with Crippen LogP contribution in [-0.2, 0) is 10.0 Å². The van der Waals surface area contributed by atoms with Gasteiger partial charge in [0, 0.05) is 32.1 Å². The van der Waals surface area contributed by atoms with Crippen LogP contribution in [0.5, 0.6) is 0 Å². The molecule has 6 heteroatoms. The van der Waals surface area contributed by atoms with Crippen molar-refractivity contribution in [2.75, 3.05) is 26.4 Å². The quantitative estimate of drug-likeness (QED) is 0.698. The van der Waals surface area contributed by atoms with Crippen LogP contribution in [0.4, 0.5) is 0 Å². The molecule has 2 atom stereocenters. The van der Waals surface area contributed by atoms with Gasteiger partial charge < -0.3 is 10.4 Å². The highest BCUT2D eigenvalue weighted by Crippen LogP contribution is 2.40. The third kappa shape index (κ3) is 2.74. The minimum absolute atomic E-state index is 0.0999. The summed E-state index contributed by atoms with van der Waals surface area (Å²) < 4.78 is 24.2. The molecule has 0 aromatic rings. The SMILES string of the molecule is CN(C)S(=O)(=O)CCNC1CC(O)C1(C)C. The normalized spacial score (nSPS) is 29.1. The zero-order valence-corrected chi connectivity index (χ0v) is 11.2. The van der Waals surface area contributed by atoms with Crippen LogP contribution >= 0.6 is 0 Å². The Bertz CT molecular complexity index is 338. The molecule has 0 spiro atoms. The van der Waals surface area contributed by atoms with Crippen molar-refractivity contribution in [3.8, 4) is 0 Å². The summed E-state index contributed by atoms with van der Waals surface area (Å²) in [5, 5.41) is 12.7. The largest absolute Gasteiger partial charge is 0.392 e. The van der Waals surface area contributed by atoms with E-state index in [0.29, 0.717) is 13.0 Å². The molecule has 0 saturated heterocycles. The van der Waals surface area contributed by atoms with Crippen LogP contribution in [0.1, 0.15) is 20.3 Å². The fourth-order valence-electron chi connectivity index (χ4n) is 1.79. The van der Waals surface area contributed by atoms with Crippen LogP contribution in [0.3, 0.4) is 0 Å². The topological polar surface area (TPSA) is 69.6 Å². The lowest BCUT2D eigenvalue weighted by atomic mass is 9.64. The lowest BCUT2D eigenvalue weighted by Gasteiger charge is -2.49. The molecule has 0 aromatic carbocycles. The van der Waals surface area contributed by atoms with Gasteiger partial charge in [-0.2, -0.15) is 0 Å². The van der Waals surface area contributed by atoms with Gasteiger partial charge in [-0.05, 0) is 6.42 Å². The first-order valence-corrected chi connectivity index (χ1v) is 7.10. The van der Waals surface area contributed by atoms with Crippen LogP contribution in [0.25, 0.3) is 0 Å². The number of hydrogen-bond acceptors (Lipinski definition) is 4. The molecule has 2 unspecified atom stereocenters. The zero-order chi connectivity index (χ0) is 12.6. The Morgan fingerprint density at radius 1 is 1.44 bits per heavy atom. The number of sulfonamides is 1. The Labute approximate surface area is 97.9 Å². The molecule has 1 aliphatic rings. The van der Waals surface area contributed by atoms with Crippen molar-refractivity contribution in [2.45, 2.75) is 32.4 Å². The van der Waals surface area contributed by atoms with E-state index in [0.717, 1.165) is 0 Å². The van der Waals surface area contributed by atoms with Gasteiger partial charge >= 0.3 is 0 Å². The number of aliphatic hydroxyl groups excluding tert-OH is 1. The molecule has 1 fully saturated rings. The lowest BCUT2D eigenvalue weighted by Crippen LogP contribution is -2.60. The summed E-state index contributed by atoms with van der Waals surface area (Å²) in [4.78, 5) is 0. The maximum atomic E-state index is 11.5. The van der Waals surface area contributed by atoms with Crippen molar-refractivity contribution in [3.05, 3.63) is 0 Å². The third-order valence-corrected chi connectivity index (χ3v) is 5.36. The molecular weight excluding hydrogens is 228 g/mol. The van der Waals surface area contributed by atoms with E-state index >= 15 is 0 Å². The first-order valence-electron chi connectivity index (χ1n) is 5.49. The Hall–Kier alpha value is -0.170. The molecule has 5 nitrogen and oxygen atoms in total. The maximum absolute atomic E-state index is 11.5. The molecule has 0 radical (unpaired) electrons. The standard InChI is InChI=1S/C10H22N2O3S/c1-10(2)8(7-9(10)13)11-5-6-16(14,15)12(3)4/h8-9,11,13H,5-7H2,1-4H3. The monoisotopic (exact) mass is 250 g/mol. The molecule has 0 bridgehead atoms. The molecule has 16 heavy (non-hydrogen) atoms. The molecular formula is C10H22N2O3S. The molecule has 1 rings (SSSR count). The van der Waals surface area contributed by atoms with Gasteiger partial charge in [0.2, 0.25) is 10.0 Å². The van der Waals surface area contributed by atoms with Crippen molar-refractivity contribution in [3.63, 3.8) is 0 Å². The van der Waals surface area contributed by atoms with Gasteiger partial charge in [-0.25, -0.2) is 12.7 Å². The zero-order valence-electron chi connectivity index (χ0n) is 10.4. The average molecular weight is 250 g/mol. The van der Waals surface area contributed by atoms with Gasteiger partial charge in [-0.1, -0.05) is 13.8 Å². The van der Waals surface area contributed by atoms with Gasteiger partial charge in [-0.15, -0.1) is 0 Å². The second-order valence-corrected chi connectivity index (χ2v) is 7.48. The molecule has 0 aliphatic heterocycles. The van der Waals surface area contributed by atoms with Crippen molar-refractivity contribution in [2.24, 2.45) is 5.41 Å². The summed E-state index contributed by atoms with van der Waals surface area (Å²) in [5.41, 5.74) is -0.151. The van der Waals surface area contributed by atoms with Crippen LogP contribution in [-0.4, -0.2) is 56.4 Å². The second-order valence-electron chi connectivity index (χ2n) is 5.18. The van der Waals surface area contributed by atoms with Gasteiger partial charge in [0.05, 0.1) is 11.9 Å². The van der Waals surface area contributed by atoms with Gasteiger partial charge in [0.15, 0.2) is 0 Å². The van der Waals surface area contributed by atoms with Crippen molar-refractivity contribution in [1.82, 2.24) is 9.62 Å². The lowest BCUT2D eigenvalue weighted by molar-refractivity contribution is -0.0716. The van der Waals surface area contributed by atoms with Crippen molar-refractivity contribution >= 4 is 10.0 Å². The molecule has 0 aromatic heterocycles. The van der Waals surface area contributed by atoms with Crippen molar-refractivity contribution in [1.29, 1.82) is 0 Å². The fraction of sp³-hybridized carbons (Fsp3) is 1.00. The van der Waals surface area contributed by atoms with Gasteiger partial charge in [-0.3, -0.25) is 0 Å². The highest BCUT2D eigenvalue weighted by molar-refractivity contribution is 7.89. The minimum atomic E-state index is -3.12. The number of nitrogens with one attached hydrogen (secondary N) is 1. The second kappa shape index (κ2) is 4.60. The Morgan fingerprint density at radius 3 is 2.38 bits per heavy atom. The fourth-order valence-corrected chi connectivity index (χ4v) is 2.53. The van der Waals surface area contributed by atoms with Crippen LogP contribution in [0, 0.1) is 5.41 Å².